The number of aliphatic hydroxyl groups excluding tert-OH is 1. The van der Waals surface area contributed by atoms with E-state index in [2.05, 4.69) is 4.72 Å². The first-order valence-electron chi connectivity index (χ1n) is 6.75. The molecule has 6 heteroatoms. The number of aliphatic hydroxyl groups is 1. The van der Waals surface area contributed by atoms with Gasteiger partial charge in [-0.15, -0.1) is 11.3 Å². The Morgan fingerprint density at radius 3 is 2.47 bits per heavy atom. The molecule has 19 heavy (non-hydrogen) atoms. The first-order valence-corrected chi connectivity index (χ1v) is 9.05. The lowest BCUT2D eigenvalue weighted by atomic mass is 10.1. The molecule has 1 heterocycles. The van der Waals surface area contributed by atoms with Gasteiger partial charge in [0, 0.05) is 15.8 Å². The van der Waals surface area contributed by atoms with E-state index in [1.165, 1.54) is 24.2 Å². The van der Waals surface area contributed by atoms with Crippen LogP contribution in [0.4, 0.5) is 0 Å². The van der Waals surface area contributed by atoms with Crippen molar-refractivity contribution in [2.45, 2.75) is 63.0 Å². The minimum Gasteiger partial charge on any atom is -0.391 e. The zero-order valence-corrected chi connectivity index (χ0v) is 12.8. The Kier molecular flexibility index (Phi) is 5.00. The molecular formula is C13H21NO3S2. The third-order valence-electron chi connectivity index (χ3n) is 3.55. The van der Waals surface area contributed by atoms with Crippen LogP contribution in [0.3, 0.4) is 0 Å². The summed E-state index contributed by atoms with van der Waals surface area (Å²) in [5.41, 5.74) is 0. The van der Waals surface area contributed by atoms with Crippen LogP contribution < -0.4 is 4.72 Å². The smallest absolute Gasteiger partial charge is 0.241 e. The molecule has 1 aliphatic rings. The van der Waals surface area contributed by atoms with Crippen molar-refractivity contribution in [3.05, 3.63) is 15.8 Å². The van der Waals surface area contributed by atoms with E-state index in [9.17, 15) is 8.42 Å². The van der Waals surface area contributed by atoms with Crippen molar-refractivity contribution in [2.24, 2.45) is 0 Å². The van der Waals surface area contributed by atoms with Crippen molar-refractivity contribution in [1.82, 2.24) is 4.72 Å². The molecule has 4 nitrogen and oxygen atoms in total. The predicted molar refractivity (Wildman–Crippen MR) is 76.8 cm³/mol. The summed E-state index contributed by atoms with van der Waals surface area (Å²) >= 11 is 1.34. The number of rotatable bonds is 4. The fraction of sp³-hybridized carbons (Fsp3) is 0.692. The minimum absolute atomic E-state index is 0.0596. The maximum Gasteiger partial charge on any atom is 0.241 e. The number of aryl methyl sites for hydroxylation is 1. The van der Waals surface area contributed by atoms with Gasteiger partial charge in [-0.1, -0.05) is 25.7 Å². The van der Waals surface area contributed by atoms with Crippen LogP contribution in [0.5, 0.6) is 0 Å². The summed E-state index contributed by atoms with van der Waals surface area (Å²) < 4.78 is 27.6. The number of nitrogens with one attached hydrogen (secondary N) is 1. The standard InChI is InChI=1S/C13H21NO3S2/c1-10-13(8-12(9-15)18-10)19(16,17)14-11-6-4-2-3-5-7-11/h8,11,14-15H,2-7,9H2,1H3. The maximum atomic E-state index is 12.4. The number of hydrogen-bond donors (Lipinski definition) is 2. The summed E-state index contributed by atoms with van der Waals surface area (Å²) in [6.07, 6.45) is 6.44. The van der Waals surface area contributed by atoms with Crippen LogP contribution in [0.1, 0.15) is 48.3 Å². The molecule has 2 N–H and O–H groups in total. The highest BCUT2D eigenvalue weighted by atomic mass is 32.2. The molecule has 108 valence electrons. The fourth-order valence-electron chi connectivity index (χ4n) is 2.55. The molecule has 1 fully saturated rings. The van der Waals surface area contributed by atoms with Crippen molar-refractivity contribution in [1.29, 1.82) is 0 Å². The Labute approximate surface area is 118 Å². The lowest BCUT2D eigenvalue weighted by molar-refractivity contribution is 0.285. The average molecular weight is 303 g/mol. The second-order valence-electron chi connectivity index (χ2n) is 5.10. The van der Waals surface area contributed by atoms with Crippen molar-refractivity contribution in [2.75, 3.05) is 0 Å². The molecule has 1 saturated carbocycles. The van der Waals surface area contributed by atoms with Gasteiger partial charge in [0.2, 0.25) is 10.0 Å². The summed E-state index contributed by atoms with van der Waals surface area (Å²) in [7, 11) is -3.45. The summed E-state index contributed by atoms with van der Waals surface area (Å²) in [5, 5.41) is 9.09. The molecule has 0 aliphatic heterocycles. The van der Waals surface area contributed by atoms with Gasteiger partial charge >= 0.3 is 0 Å². The van der Waals surface area contributed by atoms with Crippen LogP contribution >= 0.6 is 11.3 Å². The van der Waals surface area contributed by atoms with Gasteiger partial charge in [0.1, 0.15) is 0 Å². The molecule has 0 amide bonds. The van der Waals surface area contributed by atoms with Crippen LogP contribution in [-0.4, -0.2) is 19.6 Å². The highest BCUT2D eigenvalue weighted by Gasteiger charge is 2.24. The fourth-order valence-corrected chi connectivity index (χ4v) is 5.35. The SMILES string of the molecule is Cc1sc(CO)cc1S(=O)(=O)NC1CCCCCC1. The third kappa shape index (κ3) is 3.78. The van der Waals surface area contributed by atoms with Gasteiger partial charge in [0.05, 0.1) is 11.5 Å². The first-order chi connectivity index (χ1) is 9.03. The number of sulfonamides is 1. The van der Waals surface area contributed by atoms with Gasteiger partial charge in [0.15, 0.2) is 0 Å². The molecule has 0 radical (unpaired) electrons. The highest BCUT2D eigenvalue weighted by Crippen LogP contribution is 2.27. The Morgan fingerprint density at radius 1 is 1.32 bits per heavy atom. The second kappa shape index (κ2) is 6.35. The molecule has 0 atom stereocenters. The lowest BCUT2D eigenvalue weighted by Crippen LogP contribution is -2.34. The molecule has 0 aromatic carbocycles. The van der Waals surface area contributed by atoms with Gasteiger partial charge in [0.25, 0.3) is 0 Å². The Morgan fingerprint density at radius 2 is 1.95 bits per heavy atom. The largest absolute Gasteiger partial charge is 0.391 e. The van der Waals surface area contributed by atoms with Gasteiger partial charge in [-0.2, -0.15) is 0 Å². The molecule has 0 saturated heterocycles. The number of hydrogen-bond acceptors (Lipinski definition) is 4. The van der Waals surface area contributed by atoms with E-state index in [4.69, 9.17) is 5.11 Å². The van der Waals surface area contributed by atoms with E-state index in [-0.39, 0.29) is 12.6 Å². The minimum atomic E-state index is -3.45. The second-order valence-corrected chi connectivity index (χ2v) is 8.12. The molecular weight excluding hydrogens is 282 g/mol. The molecule has 0 bridgehead atoms. The van der Waals surface area contributed by atoms with E-state index in [1.807, 2.05) is 0 Å². The zero-order valence-electron chi connectivity index (χ0n) is 11.2. The molecule has 1 aromatic heterocycles. The van der Waals surface area contributed by atoms with Crippen LogP contribution in [0.2, 0.25) is 0 Å². The van der Waals surface area contributed by atoms with Crippen molar-refractivity contribution >= 4 is 21.4 Å². The zero-order chi connectivity index (χ0) is 13.9. The summed E-state index contributed by atoms with van der Waals surface area (Å²) in [6.45, 7) is 1.68. The van der Waals surface area contributed by atoms with Crippen LogP contribution in [0.25, 0.3) is 0 Å². The Balaban J connectivity index is 2.14. The van der Waals surface area contributed by atoms with E-state index >= 15 is 0 Å². The Hall–Kier alpha value is -0.430. The van der Waals surface area contributed by atoms with Crippen LogP contribution in [-0.2, 0) is 16.6 Å². The van der Waals surface area contributed by atoms with Crippen LogP contribution in [0, 0.1) is 6.92 Å². The average Bonchev–Trinajstić information content (AvgIpc) is 2.57. The molecule has 2 rings (SSSR count). The van der Waals surface area contributed by atoms with Gasteiger partial charge in [-0.05, 0) is 25.8 Å². The third-order valence-corrected chi connectivity index (χ3v) is 6.36. The van der Waals surface area contributed by atoms with Crippen molar-refractivity contribution in [3.8, 4) is 0 Å². The van der Waals surface area contributed by atoms with E-state index < -0.39 is 10.0 Å². The van der Waals surface area contributed by atoms with E-state index in [1.54, 1.807) is 13.0 Å². The quantitative estimate of drug-likeness (QED) is 0.840. The van der Waals surface area contributed by atoms with Crippen LogP contribution in [0.15, 0.2) is 11.0 Å². The summed E-state index contributed by atoms with van der Waals surface area (Å²) in [5.74, 6) is 0. The van der Waals surface area contributed by atoms with Gasteiger partial charge < -0.3 is 5.11 Å². The molecule has 0 unspecified atom stereocenters. The molecule has 1 aliphatic carbocycles. The highest BCUT2D eigenvalue weighted by molar-refractivity contribution is 7.89. The summed E-state index contributed by atoms with van der Waals surface area (Å²) in [4.78, 5) is 1.76. The Bertz CT molecular complexity index is 514. The predicted octanol–water partition coefficient (Wildman–Crippen LogP) is 2.55. The number of thiophene rings is 1. The normalized spacial score (nSPS) is 18.4. The summed E-state index contributed by atoms with van der Waals surface area (Å²) in [6, 6.07) is 1.64. The van der Waals surface area contributed by atoms with E-state index in [0.29, 0.717) is 9.77 Å². The van der Waals surface area contributed by atoms with Crippen molar-refractivity contribution < 1.29 is 13.5 Å². The lowest BCUT2D eigenvalue weighted by Gasteiger charge is -2.16. The van der Waals surface area contributed by atoms with Gasteiger partial charge in [-0.25, -0.2) is 13.1 Å². The van der Waals surface area contributed by atoms with Gasteiger partial charge in [-0.3, -0.25) is 0 Å². The van der Waals surface area contributed by atoms with E-state index in [0.717, 1.165) is 30.6 Å². The molecule has 0 spiro atoms. The monoisotopic (exact) mass is 303 g/mol. The van der Waals surface area contributed by atoms with Crippen molar-refractivity contribution in [3.63, 3.8) is 0 Å². The first kappa shape index (κ1) is 15.0. The topological polar surface area (TPSA) is 66.4 Å². The maximum absolute atomic E-state index is 12.4. The molecule has 1 aromatic rings.